The monoisotopic (exact) mass is 264 g/mol. The Morgan fingerprint density at radius 2 is 2.11 bits per heavy atom. The smallest absolute Gasteiger partial charge is 0.328 e. The van der Waals surface area contributed by atoms with E-state index in [-0.39, 0.29) is 0 Å². The average molecular weight is 264 g/mol. The average Bonchev–Trinajstić information content (AvgIpc) is 2.39. The Bertz CT molecular complexity index is 438. The molecular weight excluding hydrogens is 244 g/mol. The maximum Gasteiger partial charge on any atom is 0.328 e. The largest absolute Gasteiger partial charge is 0.490 e. The summed E-state index contributed by atoms with van der Waals surface area (Å²) in [4.78, 5) is 10.6. The summed E-state index contributed by atoms with van der Waals surface area (Å²) in [7, 11) is 0. The lowest BCUT2D eigenvalue weighted by Gasteiger charge is -2.14. The fourth-order valence-corrected chi connectivity index (χ4v) is 1.57. The maximum atomic E-state index is 10.6. The quantitative estimate of drug-likeness (QED) is 0.578. The van der Waals surface area contributed by atoms with Crippen molar-refractivity contribution in [3.63, 3.8) is 0 Å². The van der Waals surface area contributed by atoms with Crippen LogP contribution in [-0.4, -0.2) is 24.3 Å². The lowest BCUT2D eigenvalue weighted by Crippen LogP contribution is -2.02. The fourth-order valence-electron chi connectivity index (χ4n) is 1.57. The predicted octanol–water partition coefficient (Wildman–Crippen LogP) is 3.36. The van der Waals surface area contributed by atoms with Crippen molar-refractivity contribution in [3.05, 3.63) is 29.8 Å². The molecule has 4 heteroatoms. The van der Waals surface area contributed by atoms with E-state index in [0.29, 0.717) is 30.3 Å². The molecule has 0 unspecified atom stereocenters. The van der Waals surface area contributed by atoms with E-state index in [1.807, 2.05) is 25.1 Å². The number of aliphatic carboxylic acids is 1. The van der Waals surface area contributed by atoms with E-state index in [1.165, 1.54) is 6.08 Å². The molecular formula is C15H20O4. The number of hydrogen-bond acceptors (Lipinski definition) is 3. The highest BCUT2D eigenvalue weighted by atomic mass is 16.5. The zero-order valence-corrected chi connectivity index (χ0v) is 11.4. The molecule has 0 spiro atoms. The second kappa shape index (κ2) is 8.19. The number of para-hydroxylation sites is 1. The molecule has 0 saturated carbocycles. The summed E-state index contributed by atoms with van der Waals surface area (Å²) in [6, 6.07) is 5.45. The van der Waals surface area contributed by atoms with Crippen molar-refractivity contribution in [2.45, 2.75) is 26.7 Å². The van der Waals surface area contributed by atoms with Crippen LogP contribution in [0.3, 0.4) is 0 Å². The molecule has 0 aliphatic carbocycles. The summed E-state index contributed by atoms with van der Waals surface area (Å²) in [5.74, 6) is 0.266. The lowest BCUT2D eigenvalue weighted by molar-refractivity contribution is -0.131. The number of benzene rings is 1. The van der Waals surface area contributed by atoms with Gasteiger partial charge in [0, 0.05) is 11.6 Å². The van der Waals surface area contributed by atoms with Crippen LogP contribution in [0.4, 0.5) is 0 Å². The normalized spacial score (nSPS) is 10.6. The molecule has 0 atom stereocenters. The molecule has 0 radical (unpaired) electrons. The summed E-state index contributed by atoms with van der Waals surface area (Å²) in [6.07, 6.45) is 4.60. The number of hydrogen-bond donors (Lipinski definition) is 1. The Kier molecular flexibility index (Phi) is 6.50. The van der Waals surface area contributed by atoms with E-state index in [4.69, 9.17) is 14.6 Å². The first kappa shape index (κ1) is 15.1. The van der Waals surface area contributed by atoms with E-state index in [9.17, 15) is 4.79 Å². The SMILES string of the molecule is CCCCOc1c(C=CC(=O)O)cccc1OCC. The van der Waals surface area contributed by atoms with Crippen molar-refractivity contribution in [2.24, 2.45) is 0 Å². The van der Waals surface area contributed by atoms with Crippen LogP contribution in [0.1, 0.15) is 32.3 Å². The van der Waals surface area contributed by atoms with E-state index in [1.54, 1.807) is 0 Å². The van der Waals surface area contributed by atoms with E-state index >= 15 is 0 Å². The summed E-state index contributed by atoms with van der Waals surface area (Å²) >= 11 is 0. The van der Waals surface area contributed by atoms with Crippen molar-refractivity contribution in [2.75, 3.05) is 13.2 Å². The highest BCUT2D eigenvalue weighted by molar-refractivity contribution is 5.86. The molecule has 0 heterocycles. The minimum absolute atomic E-state index is 0.538. The number of rotatable bonds is 8. The molecule has 0 aliphatic rings. The van der Waals surface area contributed by atoms with Crippen LogP contribution in [0.15, 0.2) is 24.3 Å². The molecule has 0 amide bonds. The molecule has 4 nitrogen and oxygen atoms in total. The second-order valence-corrected chi connectivity index (χ2v) is 3.98. The van der Waals surface area contributed by atoms with E-state index in [0.717, 1.165) is 18.9 Å². The standard InChI is InChI=1S/C15H20O4/c1-3-5-11-19-15-12(9-10-14(16)17)7-6-8-13(15)18-4-2/h6-10H,3-5,11H2,1-2H3,(H,16,17). The van der Waals surface area contributed by atoms with Crippen LogP contribution < -0.4 is 9.47 Å². The van der Waals surface area contributed by atoms with Crippen molar-refractivity contribution in [1.82, 2.24) is 0 Å². The fraction of sp³-hybridized carbons (Fsp3) is 0.400. The molecule has 1 N–H and O–H groups in total. The first-order chi connectivity index (χ1) is 9.19. The summed E-state index contributed by atoms with van der Waals surface area (Å²) in [6.45, 7) is 5.11. The molecule has 0 fully saturated rings. The molecule has 1 aromatic carbocycles. The van der Waals surface area contributed by atoms with Gasteiger partial charge in [0.2, 0.25) is 0 Å². The summed E-state index contributed by atoms with van der Waals surface area (Å²) < 4.78 is 11.2. The molecule has 0 saturated heterocycles. The molecule has 0 bridgehead atoms. The van der Waals surface area contributed by atoms with Crippen molar-refractivity contribution >= 4 is 12.0 Å². The van der Waals surface area contributed by atoms with Crippen LogP contribution in [0.5, 0.6) is 11.5 Å². The highest BCUT2D eigenvalue weighted by Gasteiger charge is 2.09. The highest BCUT2D eigenvalue weighted by Crippen LogP contribution is 2.32. The minimum atomic E-state index is -0.985. The van der Waals surface area contributed by atoms with Gasteiger partial charge in [-0.3, -0.25) is 0 Å². The van der Waals surface area contributed by atoms with Crippen LogP contribution >= 0.6 is 0 Å². The third kappa shape index (κ3) is 5.04. The number of unbranched alkanes of at least 4 members (excludes halogenated alkanes) is 1. The molecule has 104 valence electrons. The lowest BCUT2D eigenvalue weighted by atomic mass is 10.1. The molecule has 0 aromatic heterocycles. The third-order valence-electron chi connectivity index (χ3n) is 2.46. The van der Waals surface area contributed by atoms with E-state index < -0.39 is 5.97 Å². The van der Waals surface area contributed by atoms with Crippen LogP contribution in [0, 0.1) is 0 Å². The van der Waals surface area contributed by atoms with Gasteiger partial charge in [0.25, 0.3) is 0 Å². The Morgan fingerprint density at radius 3 is 2.74 bits per heavy atom. The van der Waals surface area contributed by atoms with Gasteiger partial charge >= 0.3 is 5.97 Å². The molecule has 19 heavy (non-hydrogen) atoms. The molecule has 1 aromatic rings. The zero-order chi connectivity index (χ0) is 14.1. The predicted molar refractivity (Wildman–Crippen MR) is 74.7 cm³/mol. The van der Waals surface area contributed by atoms with Gasteiger partial charge in [0.15, 0.2) is 11.5 Å². The second-order valence-electron chi connectivity index (χ2n) is 3.98. The van der Waals surface area contributed by atoms with Gasteiger partial charge in [0.05, 0.1) is 13.2 Å². The Hall–Kier alpha value is -1.97. The summed E-state index contributed by atoms with van der Waals surface area (Å²) in [5, 5.41) is 8.69. The van der Waals surface area contributed by atoms with Gasteiger partial charge in [-0.05, 0) is 25.5 Å². The summed E-state index contributed by atoms with van der Waals surface area (Å²) in [5.41, 5.74) is 0.712. The Balaban J connectivity index is 2.99. The first-order valence-corrected chi connectivity index (χ1v) is 6.48. The zero-order valence-electron chi connectivity index (χ0n) is 11.4. The van der Waals surface area contributed by atoms with Gasteiger partial charge in [-0.1, -0.05) is 25.5 Å². The Morgan fingerprint density at radius 1 is 1.32 bits per heavy atom. The van der Waals surface area contributed by atoms with Crippen molar-refractivity contribution in [1.29, 1.82) is 0 Å². The number of carboxylic acid groups (broad SMARTS) is 1. The van der Waals surface area contributed by atoms with Crippen molar-refractivity contribution < 1.29 is 19.4 Å². The third-order valence-corrected chi connectivity index (χ3v) is 2.46. The topological polar surface area (TPSA) is 55.8 Å². The van der Waals surface area contributed by atoms with Gasteiger partial charge in [0.1, 0.15) is 0 Å². The minimum Gasteiger partial charge on any atom is -0.490 e. The van der Waals surface area contributed by atoms with Crippen molar-refractivity contribution in [3.8, 4) is 11.5 Å². The van der Waals surface area contributed by atoms with Crippen LogP contribution in [0.2, 0.25) is 0 Å². The first-order valence-electron chi connectivity index (χ1n) is 6.48. The Labute approximate surface area is 113 Å². The van der Waals surface area contributed by atoms with Crippen LogP contribution in [0.25, 0.3) is 6.08 Å². The van der Waals surface area contributed by atoms with Gasteiger partial charge in [-0.25, -0.2) is 4.79 Å². The number of carbonyl (C=O) groups is 1. The van der Waals surface area contributed by atoms with Gasteiger partial charge in [-0.2, -0.15) is 0 Å². The number of ether oxygens (including phenoxy) is 2. The van der Waals surface area contributed by atoms with E-state index in [2.05, 4.69) is 6.92 Å². The number of carboxylic acids is 1. The maximum absolute atomic E-state index is 10.6. The van der Waals surface area contributed by atoms with Crippen LogP contribution in [-0.2, 0) is 4.79 Å². The molecule has 0 aliphatic heterocycles. The van der Waals surface area contributed by atoms with Gasteiger partial charge in [-0.15, -0.1) is 0 Å². The molecule has 1 rings (SSSR count). The van der Waals surface area contributed by atoms with Gasteiger partial charge < -0.3 is 14.6 Å².